The fourth-order valence-corrected chi connectivity index (χ4v) is 1.75. The maximum atomic E-state index is 11.8. The van der Waals surface area contributed by atoms with Crippen LogP contribution in [0.1, 0.15) is 11.3 Å². The third-order valence-corrected chi connectivity index (χ3v) is 2.70. The fraction of sp³-hybridized carbons (Fsp3) is 0.231. The number of amides is 1. The molecule has 0 aliphatic carbocycles. The van der Waals surface area contributed by atoms with E-state index < -0.39 is 12.0 Å². The van der Waals surface area contributed by atoms with Crippen molar-refractivity contribution in [3.8, 4) is 0 Å². The van der Waals surface area contributed by atoms with Crippen molar-refractivity contribution in [3.63, 3.8) is 0 Å². The molecule has 0 fully saturated rings. The number of H-pyrrole nitrogens is 1. The lowest BCUT2D eigenvalue weighted by molar-refractivity contribution is -0.141. The number of aliphatic carboxylic acids is 1. The molecule has 1 amide bonds. The predicted molar refractivity (Wildman–Crippen MR) is 69.8 cm³/mol. The fourth-order valence-electron chi connectivity index (χ4n) is 1.75. The van der Waals surface area contributed by atoms with Crippen LogP contribution in [0.3, 0.4) is 0 Å². The molecular weight excluding hydrogens is 260 g/mol. The van der Waals surface area contributed by atoms with E-state index in [1.54, 1.807) is 24.5 Å². The van der Waals surface area contributed by atoms with Gasteiger partial charge in [-0.25, -0.2) is 9.78 Å². The van der Waals surface area contributed by atoms with Gasteiger partial charge in [-0.3, -0.25) is 9.78 Å². The lowest BCUT2D eigenvalue weighted by Gasteiger charge is -2.13. The second-order valence-corrected chi connectivity index (χ2v) is 4.28. The summed E-state index contributed by atoms with van der Waals surface area (Å²) in [6.45, 7) is 0. The molecule has 2 aromatic rings. The van der Waals surface area contributed by atoms with E-state index in [4.69, 9.17) is 5.11 Å². The average Bonchev–Trinajstić information content (AvgIpc) is 2.92. The number of hydrogen-bond donors (Lipinski definition) is 3. The van der Waals surface area contributed by atoms with Crippen LogP contribution < -0.4 is 5.32 Å². The minimum Gasteiger partial charge on any atom is -0.480 e. The summed E-state index contributed by atoms with van der Waals surface area (Å²) in [6, 6.07) is 2.50. The molecule has 0 spiro atoms. The molecule has 20 heavy (non-hydrogen) atoms. The summed E-state index contributed by atoms with van der Waals surface area (Å²) in [6.07, 6.45) is 6.44. The third-order valence-electron chi connectivity index (χ3n) is 2.70. The first kappa shape index (κ1) is 13.7. The van der Waals surface area contributed by atoms with Crippen LogP contribution in [0.2, 0.25) is 0 Å². The van der Waals surface area contributed by atoms with Crippen LogP contribution in [0.4, 0.5) is 0 Å². The number of nitrogens with zero attached hydrogens (tertiary/aromatic N) is 2. The van der Waals surface area contributed by atoms with Crippen molar-refractivity contribution in [1.82, 2.24) is 20.3 Å². The van der Waals surface area contributed by atoms with E-state index in [0.717, 1.165) is 5.56 Å². The Morgan fingerprint density at radius 2 is 2.20 bits per heavy atom. The zero-order valence-corrected chi connectivity index (χ0v) is 10.6. The molecule has 3 N–H and O–H groups in total. The number of pyridine rings is 1. The average molecular weight is 274 g/mol. The first-order chi connectivity index (χ1) is 9.65. The Balaban J connectivity index is 1.94. The summed E-state index contributed by atoms with van der Waals surface area (Å²) in [5, 5.41) is 11.6. The SMILES string of the molecule is O=C(Cc1cccnc1)N[C@H](Cc1cnc[nH]1)C(=O)O. The summed E-state index contributed by atoms with van der Waals surface area (Å²) in [5.41, 5.74) is 1.38. The molecule has 2 aromatic heterocycles. The van der Waals surface area contributed by atoms with Crippen molar-refractivity contribution < 1.29 is 14.7 Å². The van der Waals surface area contributed by atoms with Gasteiger partial charge in [-0.1, -0.05) is 6.07 Å². The van der Waals surface area contributed by atoms with Gasteiger partial charge in [0.25, 0.3) is 0 Å². The van der Waals surface area contributed by atoms with Crippen molar-refractivity contribution in [2.24, 2.45) is 0 Å². The molecule has 0 saturated carbocycles. The van der Waals surface area contributed by atoms with E-state index in [9.17, 15) is 9.59 Å². The Morgan fingerprint density at radius 3 is 2.80 bits per heavy atom. The molecule has 0 saturated heterocycles. The van der Waals surface area contributed by atoms with E-state index in [1.807, 2.05) is 0 Å². The van der Waals surface area contributed by atoms with E-state index in [0.29, 0.717) is 5.69 Å². The number of imidazole rings is 1. The van der Waals surface area contributed by atoms with Gasteiger partial charge in [-0.2, -0.15) is 0 Å². The first-order valence-electron chi connectivity index (χ1n) is 6.03. The van der Waals surface area contributed by atoms with Crippen LogP contribution in [0, 0.1) is 0 Å². The van der Waals surface area contributed by atoms with E-state index in [1.165, 1.54) is 12.5 Å². The number of hydrogen-bond acceptors (Lipinski definition) is 4. The first-order valence-corrected chi connectivity index (χ1v) is 6.03. The zero-order chi connectivity index (χ0) is 14.4. The number of carbonyl (C=O) groups is 2. The van der Waals surface area contributed by atoms with Crippen molar-refractivity contribution in [1.29, 1.82) is 0 Å². The summed E-state index contributed by atoms with van der Waals surface area (Å²) < 4.78 is 0. The van der Waals surface area contributed by atoms with Crippen LogP contribution in [-0.2, 0) is 22.4 Å². The quantitative estimate of drug-likeness (QED) is 0.695. The molecule has 2 rings (SSSR count). The number of carboxylic acid groups (broad SMARTS) is 1. The Hall–Kier alpha value is -2.70. The number of rotatable bonds is 6. The van der Waals surface area contributed by atoms with Crippen molar-refractivity contribution >= 4 is 11.9 Å². The van der Waals surface area contributed by atoms with Gasteiger partial charge in [-0.15, -0.1) is 0 Å². The summed E-state index contributed by atoms with van der Waals surface area (Å²) in [4.78, 5) is 33.5. The molecule has 1 atom stereocenters. The Bertz CT molecular complexity index is 569. The molecule has 104 valence electrons. The van der Waals surface area contributed by atoms with Gasteiger partial charge in [-0.05, 0) is 11.6 Å². The number of carboxylic acids is 1. The normalized spacial score (nSPS) is 11.8. The predicted octanol–water partition coefficient (Wildman–Crippen LogP) is 0.159. The van der Waals surface area contributed by atoms with Gasteiger partial charge in [0.15, 0.2) is 0 Å². The minimum atomic E-state index is -1.08. The lowest BCUT2D eigenvalue weighted by Crippen LogP contribution is -2.43. The molecule has 0 aliphatic rings. The summed E-state index contributed by atoms with van der Waals surface area (Å²) in [5.74, 6) is -1.44. The maximum absolute atomic E-state index is 11.8. The van der Waals surface area contributed by atoms with Gasteiger partial charge < -0.3 is 15.4 Å². The number of nitrogens with one attached hydrogen (secondary N) is 2. The van der Waals surface area contributed by atoms with Gasteiger partial charge in [0.1, 0.15) is 6.04 Å². The monoisotopic (exact) mass is 274 g/mol. The zero-order valence-electron chi connectivity index (χ0n) is 10.6. The van der Waals surface area contributed by atoms with Crippen LogP contribution in [-0.4, -0.2) is 38.0 Å². The molecule has 0 unspecified atom stereocenters. The topological polar surface area (TPSA) is 108 Å². The molecule has 7 heteroatoms. The Kier molecular flexibility index (Phi) is 4.43. The molecular formula is C13H14N4O3. The van der Waals surface area contributed by atoms with Gasteiger partial charge in [0, 0.05) is 30.7 Å². The summed E-state index contributed by atoms with van der Waals surface area (Å²) >= 11 is 0. The van der Waals surface area contributed by atoms with Crippen LogP contribution in [0.15, 0.2) is 37.1 Å². The van der Waals surface area contributed by atoms with E-state index in [2.05, 4.69) is 20.3 Å². The third kappa shape index (κ3) is 3.91. The van der Waals surface area contributed by atoms with Crippen LogP contribution >= 0.6 is 0 Å². The number of carbonyl (C=O) groups excluding carboxylic acids is 1. The highest BCUT2D eigenvalue weighted by molar-refractivity contribution is 5.84. The van der Waals surface area contributed by atoms with Gasteiger partial charge >= 0.3 is 5.97 Å². The largest absolute Gasteiger partial charge is 0.480 e. The van der Waals surface area contributed by atoms with E-state index in [-0.39, 0.29) is 18.7 Å². The van der Waals surface area contributed by atoms with Gasteiger partial charge in [0.05, 0.1) is 12.7 Å². The van der Waals surface area contributed by atoms with Gasteiger partial charge in [0.2, 0.25) is 5.91 Å². The highest BCUT2D eigenvalue weighted by Crippen LogP contribution is 2.01. The molecule has 0 bridgehead atoms. The highest BCUT2D eigenvalue weighted by atomic mass is 16.4. The molecule has 0 aromatic carbocycles. The van der Waals surface area contributed by atoms with Crippen molar-refractivity contribution in [3.05, 3.63) is 48.3 Å². The number of aromatic nitrogens is 3. The molecule has 0 radical (unpaired) electrons. The van der Waals surface area contributed by atoms with Crippen molar-refractivity contribution in [2.75, 3.05) is 0 Å². The maximum Gasteiger partial charge on any atom is 0.326 e. The molecule has 7 nitrogen and oxygen atoms in total. The number of aromatic amines is 1. The molecule has 0 aliphatic heterocycles. The van der Waals surface area contributed by atoms with E-state index >= 15 is 0 Å². The van der Waals surface area contributed by atoms with Crippen molar-refractivity contribution in [2.45, 2.75) is 18.9 Å². The second kappa shape index (κ2) is 6.46. The lowest BCUT2D eigenvalue weighted by atomic mass is 10.1. The second-order valence-electron chi connectivity index (χ2n) is 4.28. The van der Waals surface area contributed by atoms with Crippen LogP contribution in [0.5, 0.6) is 0 Å². The van der Waals surface area contributed by atoms with Crippen LogP contribution in [0.25, 0.3) is 0 Å². The minimum absolute atomic E-state index is 0.0978. The smallest absolute Gasteiger partial charge is 0.326 e. The standard InChI is InChI=1S/C13H14N4O3/c18-12(4-9-2-1-3-14-6-9)17-11(13(19)20)5-10-7-15-8-16-10/h1-3,6-8,11H,4-5H2,(H,15,16)(H,17,18)(H,19,20)/t11-/m1/s1. The summed E-state index contributed by atoms with van der Waals surface area (Å²) in [7, 11) is 0. The Labute approximate surface area is 115 Å². The molecule has 2 heterocycles. The Morgan fingerprint density at radius 1 is 1.35 bits per heavy atom. The highest BCUT2D eigenvalue weighted by Gasteiger charge is 2.21.